The minimum atomic E-state index is -4.16. The molecule has 0 amide bonds. The van der Waals surface area contributed by atoms with E-state index in [1.807, 2.05) is 4.72 Å². The zero-order valence-electron chi connectivity index (χ0n) is 10.9. The van der Waals surface area contributed by atoms with Crippen LogP contribution in [0.2, 0.25) is 0 Å². The van der Waals surface area contributed by atoms with E-state index < -0.39 is 28.6 Å². The maximum absolute atomic E-state index is 12.1. The maximum Gasteiger partial charge on any atom is 0.324 e. The van der Waals surface area contributed by atoms with Gasteiger partial charge in [-0.3, -0.25) is 4.79 Å². The van der Waals surface area contributed by atoms with E-state index in [1.165, 1.54) is 32.4 Å². The van der Waals surface area contributed by atoms with Crippen LogP contribution in [0.25, 0.3) is 0 Å². The predicted molar refractivity (Wildman–Crippen MR) is 68.4 cm³/mol. The molecule has 0 heterocycles. The van der Waals surface area contributed by atoms with Crippen LogP contribution in [0.15, 0.2) is 23.1 Å². The van der Waals surface area contributed by atoms with E-state index in [0.717, 1.165) is 0 Å². The first-order valence-electron chi connectivity index (χ1n) is 5.43. The minimum Gasteiger partial charge on any atom is -0.497 e. The molecule has 3 N–H and O–H groups in total. The van der Waals surface area contributed by atoms with Crippen LogP contribution in [-0.2, 0) is 14.8 Å². The van der Waals surface area contributed by atoms with Gasteiger partial charge in [0.1, 0.15) is 22.4 Å². The second-order valence-corrected chi connectivity index (χ2v) is 5.39. The van der Waals surface area contributed by atoms with Crippen LogP contribution in [0.4, 0.5) is 0 Å². The van der Waals surface area contributed by atoms with Crippen molar-refractivity contribution in [3.63, 3.8) is 0 Å². The van der Waals surface area contributed by atoms with Crippen molar-refractivity contribution in [2.45, 2.75) is 10.9 Å². The molecule has 8 nitrogen and oxygen atoms in total. The lowest BCUT2D eigenvalue weighted by Crippen LogP contribution is -2.43. The van der Waals surface area contributed by atoms with Crippen LogP contribution in [0.5, 0.6) is 11.5 Å². The van der Waals surface area contributed by atoms with Gasteiger partial charge < -0.3 is 19.7 Å². The lowest BCUT2D eigenvalue weighted by molar-refractivity contribution is -0.139. The van der Waals surface area contributed by atoms with Gasteiger partial charge in [-0.25, -0.2) is 8.42 Å². The third kappa shape index (κ3) is 3.59. The SMILES string of the molecule is COc1ccc(S(=O)(=O)NC(CO)C(=O)O)c(OC)c1. The van der Waals surface area contributed by atoms with Gasteiger partial charge >= 0.3 is 5.97 Å². The Bertz CT molecular complexity index is 584. The highest BCUT2D eigenvalue weighted by Crippen LogP contribution is 2.28. The van der Waals surface area contributed by atoms with Crippen molar-refractivity contribution < 1.29 is 32.9 Å². The van der Waals surface area contributed by atoms with E-state index in [1.54, 1.807) is 0 Å². The summed E-state index contributed by atoms with van der Waals surface area (Å²) in [6, 6.07) is 2.33. The van der Waals surface area contributed by atoms with Gasteiger partial charge in [0, 0.05) is 6.07 Å². The molecule has 20 heavy (non-hydrogen) atoms. The van der Waals surface area contributed by atoms with Crippen LogP contribution in [0, 0.1) is 0 Å². The van der Waals surface area contributed by atoms with Crippen LogP contribution < -0.4 is 14.2 Å². The fourth-order valence-corrected chi connectivity index (χ4v) is 2.74. The number of rotatable bonds is 7. The molecule has 0 radical (unpaired) electrons. The van der Waals surface area contributed by atoms with Crippen molar-refractivity contribution in [3.8, 4) is 11.5 Å². The van der Waals surface area contributed by atoms with E-state index in [-0.39, 0.29) is 10.6 Å². The Morgan fingerprint density at radius 3 is 2.45 bits per heavy atom. The summed E-state index contributed by atoms with van der Waals surface area (Å²) in [5.74, 6) is -1.10. The topological polar surface area (TPSA) is 122 Å². The second-order valence-electron chi connectivity index (χ2n) is 3.71. The van der Waals surface area contributed by atoms with Crippen LogP contribution >= 0.6 is 0 Å². The van der Waals surface area contributed by atoms with Crippen molar-refractivity contribution >= 4 is 16.0 Å². The number of carbonyl (C=O) groups is 1. The number of ether oxygens (including phenoxy) is 2. The monoisotopic (exact) mass is 305 g/mol. The number of sulfonamides is 1. The molecule has 1 unspecified atom stereocenters. The Morgan fingerprint density at radius 2 is 2.00 bits per heavy atom. The van der Waals surface area contributed by atoms with Crippen molar-refractivity contribution in [1.29, 1.82) is 0 Å². The van der Waals surface area contributed by atoms with Gasteiger partial charge in [0.05, 0.1) is 20.8 Å². The molecule has 0 bridgehead atoms. The fraction of sp³-hybridized carbons (Fsp3) is 0.364. The van der Waals surface area contributed by atoms with Gasteiger partial charge in [0.25, 0.3) is 0 Å². The lowest BCUT2D eigenvalue weighted by Gasteiger charge is -2.15. The Morgan fingerprint density at radius 1 is 1.35 bits per heavy atom. The number of hydrogen-bond donors (Lipinski definition) is 3. The van der Waals surface area contributed by atoms with Gasteiger partial charge in [0.2, 0.25) is 10.0 Å². The minimum absolute atomic E-state index is 0.000992. The largest absolute Gasteiger partial charge is 0.497 e. The van der Waals surface area contributed by atoms with Gasteiger partial charge in [-0.05, 0) is 12.1 Å². The smallest absolute Gasteiger partial charge is 0.324 e. The number of hydrogen-bond acceptors (Lipinski definition) is 6. The normalized spacial score (nSPS) is 12.8. The Hall–Kier alpha value is -1.84. The van der Waals surface area contributed by atoms with E-state index in [9.17, 15) is 13.2 Å². The molecule has 0 aliphatic rings. The number of carboxylic acid groups (broad SMARTS) is 1. The first kappa shape index (κ1) is 16.2. The molecule has 0 saturated carbocycles. The quantitative estimate of drug-likeness (QED) is 0.616. The molecule has 0 spiro atoms. The van der Waals surface area contributed by atoms with Crippen molar-refractivity contribution in [1.82, 2.24) is 4.72 Å². The van der Waals surface area contributed by atoms with Crippen molar-refractivity contribution in [3.05, 3.63) is 18.2 Å². The van der Waals surface area contributed by atoms with Gasteiger partial charge in [-0.2, -0.15) is 4.72 Å². The fourth-order valence-electron chi connectivity index (χ4n) is 1.41. The number of methoxy groups -OCH3 is 2. The van der Waals surface area contributed by atoms with Gasteiger partial charge in [0.15, 0.2) is 0 Å². The van der Waals surface area contributed by atoms with Gasteiger partial charge in [-0.15, -0.1) is 0 Å². The van der Waals surface area contributed by atoms with Crippen LogP contribution in [0.3, 0.4) is 0 Å². The highest BCUT2D eigenvalue weighted by molar-refractivity contribution is 7.89. The van der Waals surface area contributed by atoms with E-state index >= 15 is 0 Å². The predicted octanol–water partition coefficient (Wildman–Crippen LogP) is -0.572. The summed E-state index contributed by atoms with van der Waals surface area (Å²) in [6.07, 6.45) is 0. The molecule has 0 aromatic heterocycles. The maximum atomic E-state index is 12.1. The van der Waals surface area contributed by atoms with Crippen molar-refractivity contribution in [2.24, 2.45) is 0 Å². The summed E-state index contributed by atoms with van der Waals surface area (Å²) in [6.45, 7) is -0.868. The van der Waals surface area contributed by atoms with Crippen LogP contribution in [0.1, 0.15) is 0 Å². The molecule has 112 valence electrons. The van der Waals surface area contributed by atoms with Gasteiger partial charge in [-0.1, -0.05) is 0 Å². The first-order valence-corrected chi connectivity index (χ1v) is 6.92. The summed E-state index contributed by atoms with van der Waals surface area (Å²) < 4.78 is 35.9. The van der Waals surface area contributed by atoms with E-state index in [0.29, 0.717) is 5.75 Å². The summed E-state index contributed by atoms with van der Waals surface area (Å²) in [7, 11) is -1.47. The molecule has 0 saturated heterocycles. The molecule has 1 atom stereocenters. The number of carboxylic acids is 1. The van der Waals surface area contributed by atoms with Crippen LogP contribution in [-0.4, -0.2) is 51.5 Å². The molecule has 9 heteroatoms. The number of aliphatic hydroxyl groups excluding tert-OH is 1. The molecular formula is C11H15NO7S. The van der Waals surface area contributed by atoms with E-state index in [2.05, 4.69) is 0 Å². The number of aliphatic carboxylic acids is 1. The van der Waals surface area contributed by atoms with Crippen molar-refractivity contribution in [2.75, 3.05) is 20.8 Å². The molecule has 0 aliphatic carbocycles. The average Bonchev–Trinajstić information content (AvgIpc) is 2.43. The molecule has 1 rings (SSSR count). The summed E-state index contributed by atoms with van der Waals surface area (Å²) in [5, 5.41) is 17.6. The third-order valence-electron chi connectivity index (χ3n) is 2.44. The highest BCUT2D eigenvalue weighted by Gasteiger charge is 2.27. The molecule has 0 aliphatic heterocycles. The first-order chi connectivity index (χ1) is 9.35. The summed E-state index contributed by atoms with van der Waals surface area (Å²) >= 11 is 0. The zero-order chi connectivity index (χ0) is 15.3. The number of nitrogens with one attached hydrogen (secondary N) is 1. The third-order valence-corrected chi connectivity index (χ3v) is 3.95. The summed E-state index contributed by atoms with van der Waals surface area (Å²) in [5.41, 5.74) is 0. The molecule has 0 fully saturated rings. The molecular weight excluding hydrogens is 290 g/mol. The standard InChI is InChI=1S/C11H15NO7S/c1-18-7-3-4-10(9(5-7)19-2)20(16,17)12-8(6-13)11(14)15/h3-5,8,12-13H,6H2,1-2H3,(H,14,15). The Kier molecular flexibility index (Phi) is 5.31. The Labute approximate surface area is 116 Å². The molecule has 1 aromatic rings. The number of benzene rings is 1. The molecule has 1 aromatic carbocycles. The lowest BCUT2D eigenvalue weighted by atomic mass is 10.3. The zero-order valence-corrected chi connectivity index (χ0v) is 11.7. The Balaban J connectivity index is 3.18. The second kappa shape index (κ2) is 6.55. The summed E-state index contributed by atoms with van der Waals surface area (Å²) in [4.78, 5) is 10.5. The highest BCUT2D eigenvalue weighted by atomic mass is 32.2. The number of aliphatic hydroxyl groups is 1. The average molecular weight is 305 g/mol. The van der Waals surface area contributed by atoms with E-state index in [4.69, 9.17) is 19.7 Å².